The standard InChI is InChI=1S/C17H14N4O/c1-21-16(12-8-5-9-18-10-12)13-14(11-6-3-2-4-7-11)19-20-15(13)17(21)22/h2-10,16H,1H3,(H,19,20). The average molecular weight is 290 g/mol. The van der Waals surface area contributed by atoms with Gasteiger partial charge in [-0.1, -0.05) is 36.4 Å². The van der Waals surface area contributed by atoms with E-state index < -0.39 is 0 Å². The third-order valence-corrected chi connectivity index (χ3v) is 4.05. The zero-order chi connectivity index (χ0) is 15.1. The smallest absolute Gasteiger partial charge is 0.272 e. The molecule has 3 heterocycles. The average Bonchev–Trinajstić information content (AvgIpc) is 3.10. The molecule has 0 radical (unpaired) electrons. The summed E-state index contributed by atoms with van der Waals surface area (Å²) >= 11 is 0. The molecule has 1 aliphatic rings. The number of aromatic nitrogens is 3. The molecule has 1 atom stereocenters. The van der Waals surface area contributed by atoms with E-state index >= 15 is 0 Å². The molecule has 5 heteroatoms. The van der Waals surface area contributed by atoms with Gasteiger partial charge in [0.05, 0.1) is 11.7 Å². The number of carbonyl (C=O) groups excluding carboxylic acids is 1. The Morgan fingerprint density at radius 3 is 2.68 bits per heavy atom. The highest BCUT2D eigenvalue weighted by Gasteiger charge is 2.40. The van der Waals surface area contributed by atoms with Crippen LogP contribution in [0.15, 0.2) is 54.9 Å². The largest absolute Gasteiger partial charge is 0.329 e. The molecule has 0 bridgehead atoms. The van der Waals surface area contributed by atoms with Crippen molar-refractivity contribution in [2.24, 2.45) is 0 Å². The fourth-order valence-electron chi connectivity index (χ4n) is 3.01. The van der Waals surface area contributed by atoms with Crippen LogP contribution in [0.2, 0.25) is 0 Å². The van der Waals surface area contributed by atoms with E-state index in [1.807, 2.05) is 49.5 Å². The third kappa shape index (κ3) is 1.75. The van der Waals surface area contributed by atoms with Crippen LogP contribution in [-0.2, 0) is 0 Å². The van der Waals surface area contributed by atoms with Gasteiger partial charge in [0.1, 0.15) is 5.69 Å². The van der Waals surface area contributed by atoms with Gasteiger partial charge in [-0.2, -0.15) is 5.10 Å². The van der Waals surface area contributed by atoms with Gasteiger partial charge in [-0.25, -0.2) is 0 Å². The molecule has 2 aromatic heterocycles. The molecular weight excluding hydrogens is 276 g/mol. The van der Waals surface area contributed by atoms with Crippen molar-refractivity contribution in [3.8, 4) is 11.3 Å². The summed E-state index contributed by atoms with van der Waals surface area (Å²) in [7, 11) is 1.81. The van der Waals surface area contributed by atoms with Gasteiger partial charge in [0.15, 0.2) is 0 Å². The summed E-state index contributed by atoms with van der Waals surface area (Å²) in [6, 6.07) is 13.6. The monoisotopic (exact) mass is 290 g/mol. The lowest BCUT2D eigenvalue weighted by molar-refractivity contribution is 0.0787. The highest BCUT2D eigenvalue weighted by Crippen LogP contribution is 2.41. The second-order valence-corrected chi connectivity index (χ2v) is 5.33. The first-order chi connectivity index (χ1) is 10.8. The van der Waals surface area contributed by atoms with E-state index in [2.05, 4.69) is 15.2 Å². The minimum absolute atomic E-state index is 0.0430. The van der Waals surface area contributed by atoms with Crippen molar-refractivity contribution >= 4 is 5.91 Å². The summed E-state index contributed by atoms with van der Waals surface area (Å²) in [4.78, 5) is 18.4. The lowest BCUT2D eigenvalue weighted by atomic mass is 9.97. The molecule has 0 spiro atoms. The highest BCUT2D eigenvalue weighted by molar-refractivity contribution is 5.99. The maximum Gasteiger partial charge on any atom is 0.272 e. The van der Waals surface area contributed by atoms with Gasteiger partial charge in [0.25, 0.3) is 5.91 Å². The topological polar surface area (TPSA) is 61.9 Å². The van der Waals surface area contributed by atoms with E-state index in [9.17, 15) is 4.79 Å². The quantitative estimate of drug-likeness (QED) is 0.789. The number of benzene rings is 1. The number of fused-ring (bicyclic) bond motifs is 1. The minimum atomic E-state index is -0.162. The van der Waals surface area contributed by atoms with Crippen molar-refractivity contribution in [2.75, 3.05) is 7.05 Å². The van der Waals surface area contributed by atoms with Gasteiger partial charge < -0.3 is 4.90 Å². The van der Waals surface area contributed by atoms with E-state index in [1.165, 1.54) is 0 Å². The number of hydrogen-bond acceptors (Lipinski definition) is 3. The Kier molecular flexibility index (Phi) is 2.79. The Hall–Kier alpha value is -2.95. The molecule has 3 aromatic rings. The second kappa shape index (κ2) is 4.80. The van der Waals surface area contributed by atoms with Crippen LogP contribution in [0.25, 0.3) is 11.3 Å². The summed E-state index contributed by atoms with van der Waals surface area (Å²) in [6.07, 6.45) is 3.53. The molecule has 108 valence electrons. The minimum Gasteiger partial charge on any atom is -0.329 e. The molecule has 4 rings (SSSR count). The van der Waals surface area contributed by atoms with E-state index in [1.54, 1.807) is 17.3 Å². The molecule has 1 aliphatic heterocycles. The number of amides is 1. The van der Waals surface area contributed by atoms with Crippen LogP contribution in [0.3, 0.4) is 0 Å². The first kappa shape index (κ1) is 12.8. The van der Waals surface area contributed by atoms with Gasteiger partial charge in [-0.05, 0) is 11.6 Å². The van der Waals surface area contributed by atoms with Crippen molar-refractivity contribution in [1.29, 1.82) is 0 Å². The molecule has 5 nitrogen and oxygen atoms in total. The van der Waals surface area contributed by atoms with Gasteiger partial charge >= 0.3 is 0 Å². The summed E-state index contributed by atoms with van der Waals surface area (Å²) in [5.74, 6) is -0.0430. The molecule has 0 saturated carbocycles. The zero-order valence-corrected chi connectivity index (χ0v) is 12.0. The number of nitrogens with zero attached hydrogens (tertiary/aromatic N) is 3. The lowest BCUT2D eigenvalue weighted by Gasteiger charge is -2.21. The Morgan fingerprint density at radius 2 is 1.95 bits per heavy atom. The summed E-state index contributed by atoms with van der Waals surface area (Å²) < 4.78 is 0. The molecule has 1 amide bonds. The van der Waals surface area contributed by atoms with Crippen LogP contribution in [0.1, 0.15) is 27.7 Å². The second-order valence-electron chi connectivity index (χ2n) is 5.33. The van der Waals surface area contributed by atoms with Crippen molar-refractivity contribution in [3.63, 3.8) is 0 Å². The van der Waals surface area contributed by atoms with Crippen LogP contribution in [0, 0.1) is 0 Å². The van der Waals surface area contributed by atoms with Crippen LogP contribution < -0.4 is 0 Å². The molecule has 0 aliphatic carbocycles. The van der Waals surface area contributed by atoms with E-state index in [0.717, 1.165) is 22.4 Å². The number of H-pyrrole nitrogens is 1. The van der Waals surface area contributed by atoms with Crippen molar-refractivity contribution in [1.82, 2.24) is 20.1 Å². The van der Waals surface area contributed by atoms with Crippen LogP contribution in [0.5, 0.6) is 0 Å². The van der Waals surface area contributed by atoms with Crippen molar-refractivity contribution in [3.05, 3.63) is 71.7 Å². The van der Waals surface area contributed by atoms with Crippen LogP contribution >= 0.6 is 0 Å². The number of pyridine rings is 1. The van der Waals surface area contributed by atoms with Gasteiger partial charge in [0.2, 0.25) is 0 Å². The predicted octanol–water partition coefficient (Wildman–Crippen LogP) is 2.65. The maximum absolute atomic E-state index is 12.5. The molecule has 0 saturated heterocycles. The number of rotatable bonds is 2. The Balaban J connectivity index is 1.92. The molecule has 1 N–H and O–H groups in total. The Morgan fingerprint density at radius 1 is 1.14 bits per heavy atom. The van der Waals surface area contributed by atoms with Crippen LogP contribution in [0.4, 0.5) is 0 Å². The number of hydrogen-bond donors (Lipinski definition) is 1. The first-order valence-corrected chi connectivity index (χ1v) is 7.08. The van der Waals surface area contributed by atoms with Gasteiger partial charge in [-0.3, -0.25) is 14.9 Å². The zero-order valence-electron chi connectivity index (χ0n) is 12.0. The van der Waals surface area contributed by atoms with E-state index in [4.69, 9.17) is 0 Å². The third-order valence-electron chi connectivity index (χ3n) is 4.05. The van der Waals surface area contributed by atoms with Crippen molar-refractivity contribution in [2.45, 2.75) is 6.04 Å². The number of aromatic amines is 1. The predicted molar refractivity (Wildman–Crippen MR) is 82.2 cm³/mol. The number of carbonyl (C=O) groups is 1. The lowest BCUT2D eigenvalue weighted by Crippen LogP contribution is -2.24. The SMILES string of the molecule is CN1C(=O)c2[nH]nc(-c3ccccc3)c2C1c1cccnc1. The normalized spacial score (nSPS) is 16.9. The van der Waals surface area contributed by atoms with Crippen LogP contribution in [-0.4, -0.2) is 33.0 Å². The van der Waals surface area contributed by atoms with Crippen molar-refractivity contribution < 1.29 is 4.79 Å². The number of nitrogens with one attached hydrogen (secondary N) is 1. The van der Waals surface area contributed by atoms with E-state index in [-0.39, 0.29) is 11.9 Å². The molecule has 0 fully saturated rings. The summed E-state index contributed by atoms with van der Waals surface area (Å²) in [5.41, 5.74) is 4.29. The highest BCUT2D eigenvalue weighted by atomic mass is 16.2. The fourth-order valence-corrected chi connectivity index (χ4v) is 3.01. The summed E-state index contributed by atoms with van der Waals surface area (Å²) in [5, 5.41) is 7.28. The molecule has 22 heavy (non-hydrogen) atoms. The first-order valence-electron chi connectivity index (χ1n) is 7.08. The Bertz CT molecular complexity index is 826. The molecular formula is C17H14N4O. The Labute approximate surface area is 127 Å². The van der Waals surface area contributed by atoms with Gasteiger partial charge in [0, 0.05) is 30.6 Å². The van der Waals surface area contributed by atoms with Gasteiger partial charge in [-0.15, -0.1) is 0 Å². The maximum atomic E-state index is 12.5. The summed E-state index contributed by atoms with van der Waals surface area (Å²) in [6.45, 7) is 0. The molecule has 1 unspecified atom stereocenters. The molecule has 1 aromatic carbocycles. The van der Waals surface area contributed by atoms with E-state index in [0.29, 0.717) is 5.69 Å². The fraction of sp³-hybridized carbons (Fsp3) is 0.118.